The average Bonchev–Trinajstić information content (AvgIpc) is 2.76. The van der Waals surface area contributed by atoms with Crippen molar-refractivity contribution in [3.8, 4) is 22.8 Å². The first-order chi connectivity index (χ1) is 14.5. The second kappa shape index (κ2) is 8.43. The smallest absolute Gasteiger partial charge is 0.349 e. The zero-order valence-electron chi connectivity index (χ0n) is 16.1. The van der Waals surface area contributed by atoms with Crippen LogP contribution in [0.3, 0.4) is 0 Å². The first-order valence-electron chi connectivity index (χ1n) is 9.23. The minimum absolute atomic E-state index is 0.169. The second-order valence-corrected chi connectivity index (χ2v) is 7.11. The predicted octanol–water partition coefficient (Wildman–Crippen LogP) is 5.41. The van der Waals surface area contributed by atoms with Gasteiger partial charge in [-0.3, -0.25) is 4.79 Å². The number of para-hydroxylation sites is 1. The molecule has 30 heavy (non-hydrogen) atoms. The third kappa shape index (κ3) is 4.21. The number of fused-ring (bicyclic) bond motifs is 1. The van der Waals surface area contributed by atoms with E-state index in [1.54, 1.807) is 48.5 Å². The minimum atomic E-state index is -0.721. The van der Waals surface area contributed by atoms with Gasteiger partial charge in [-0.05, 0) is 37.3 Å². The van der Waals surface area contributed by atoms with Gasteiger partial charge in [-0.15, -0.1) is 0 Å². The normalized spacial score (nSPS) is 10.7. The molecule has 4 aromatic rings. The summed E-state index contributed by atoms with van der Waals surface area (Å²) >= 11 is 6.03. The molecule has 4 rings (SSSR count). The van der Waals surface area contributed by atoms with E-state index in [1.165, 1.54) is 6.07 Å². The van der Waals surface area contributed by atoms with Crippen molar-refractivity contribution < 1.29 is 18.7 Å². The van der Waals surface area contributed by atoms with Crippen LogP contribution in [-0.2, 0) is 4.79 Å². The summed E-state index contributed by atoms with van der Waals surface area (Å²) in [6.07, 6.45) is 0. The van der Waals surface area contributed by atoms with Crippen molar-refractivity contribution in [3.63, 3.8) is 0 Å². The highest BCUT2D eigenvalue weighted by Crippen LogP contribution is 2.32. The third-order valence-corrected chi connectivity index (χ3v) is 4.68. The molecule has 150 valence electrons. The standard InChI is InChI=1S/C24H17ClO5/c1-15-7-9-16(10-8-15)23-24(22(27)19-13-17(25)11-12-20(19)29-23)30-21(26)14-28-18-5-3-2-4-6-18/h2-13H,14H2,1H3. The van der Waals surface area contributed by atoms with E-state index in [0.717, 1.165) is 5.56 Å². The number of hydrogen-bond donors (Lipinski definition) is 0. The molecule has 1 heterocycles. The zero-order valence-corrected chi connectivity index (χ0v) is 16.8. The highest BCUT2D eigenvalue weighted by molar-refractivity contribution is 6.31. The van der Waals surface area contributed by atoms with Crippen molar-refractivity contribution >= 4 is 28.5 Å². The second-order valence-electron chi connectivity index (χ2n) is 6.67. The summed E-state index contributed by atoms with van der Waals surface area (Å²) in [5, 5.41) is 0.604. The van der Waals surface area contributed by atoms with E-state index in [0.29, 0.717) is 21.9 Å². The average molecular weight is 421 g/mol. The topological polar surface area (TPSA) is 65.7 Å². The van der Waals surface area contributed by atoms with Crippen LogP contribution in [0.15, 0.2) is 82.0 Å². The van der Waals surface area contributed by atoms with E-state index in [-0.39, 0.29) is 23.5 Å². The van der Waals surface area contributed by atoms with Crippen LogP contribution in [0.1, 0.15) is 5.56 Å². The van der Waals surface area contributed by atoms with Gasteiger partial charge in [0.2, 0.25) is 11.2 Å². The molecule has 0 fully saturated rings. The number of benzene rings is 3. The molecule has 3 aromatic carbocycles. The van der Waals surface area contributed by atoms with Gasteiger partial charge in [-0.25, -0.2) is 4.79 Å². The summed E-state index contributed by atoms with van der Waals surface area (Å²) in [7, 11) is 0. The van der Waals surface area contributed by atoms with Crippen LogP contribution in [0, 0.1) is 6.92 Å². The number of hydrogen-bond acceptors (Lipinski definition) is 5. The molecule has 5 nitrogen and oxygen atoms in total. The molecule has 0 saturated carbocycles. The Labute approximate surface area is 177 Å². The highest BCUT2D eigenvalue weighted by Gasteiger charge is 2.21. The molecule has 0 unspecified atom stereocenters. The predicted molar refractivity (Wildman–Crippen MR) is 115 cm³/mol. The Hall–Kier alpha value is -3.57. The van der Waals surface area contributed by atoms with Gasteiger partial charge in [0.15, 0.2) is 12.4 Å². The Balaban J connectivity index is 1.73. The Morgan fingerprint density at radius 3 is 2.47 bits per heavy atom. The molecule has 0 bridgehead atoms. The Kier molecular flexibility index (Phi) is 5.55. The van der Waals surface area contributed by atoms with Crippen LogP contribution in [-0.4, -0.2) is 12.6 Å². The SMILES string of the molecule is Cc1ccc(-c2oc3ccc(Cl)cc3c(=O)c2OC(=O)COc2ccccc2)cc1. The minimum Gasteiger partial charge on any atom is -0.482 e. The Morgan fingerprint density at radius 2 is 1.73 bits per heavy atom. The van der Waals surface area contributed by atoms with Crippen molar-refractivity contribution in [2.45, 2.75) is 6.92 Å². The molecular weight excluding hydrogens is 404 g/mol. The lowest BCUT2D eigenvalue weighted by Gasteiger charge is -2.11. The molecule has 0 spiro atoms. The summed E-state index contributed by atoms with van der Waals surface area (Å²) in [6, 6.07) is 20.9. The van der Waals surface area contributed by atoms with Crippen LogP contribution in [0.5, 0.6) is 11.5 Å². The summed E-state index contributed by atoms with van der Waals surface area (Å²) in [6.45, 7) is 1.59. The first kappa shape index (κ1) is 19.7. The molecule has 6 heteroatoms. The fraction of sp³-hybridized carbons (Fsp3) is 0.0833. The van der Waals surface area contributed by atoms with Crippen LogP contribution in [0.25, 0.3) is 22.3 Å². The van der Waals surface area contributed by atoms with Crippen molar-refractivity contribution in [3.05, 3.63) is 93.6 Å². The molecule has 0 aliphatic heterocycles. The van der Waals surface area contributed by atoms with Gasteiger partial charge in [0.1, 0.15) is 11.3 Å². The molecule has 0 aliphatic carbocycles. The lowest BCUT2D eigenvalue weighted by atomic mass is 10.1. The molecular formula is C24H17ClO5. The van der Waals surface area contributed by atoms with Crippen molar-refractivity contribution in [2.75, 3.05) is 6.61 Å². The maximum Gasteiger partial charge on any atom is 0.349 e. The van der Waals surface area contributed by atoms with Gasteiger partial charge in [-0.1, -0.05) is 59.6 Å². The Morgan fingerprint density at radius 1 is 1.00 bits per heavy atom. The maximum absolute atomic E-state index is 13.1. The molecule has 0 amide bonds. The zero-order chi connectivity index (χ0) is 21.1. The highest BCUT2D eigenvalue weighted by atomic mass is 35.5. The van der Waals surface area contributed by atoms with E-state index in [4.69, 9.17) is 25.5 Å². The van der Waals surface area contributed by atoms with E-state index in [2.05, 4.69) is 0 Å². The monoisotopic (exact) mass is 420 g/mol. The lowest BCUT2D eigenvalue weighted by molar-refractivity contribution is -0.136. The van der Waals surface area contributed by atoms with Crippen molar-refractivity contribution in [1.82, 2.24) is 0 Å². The van der Waals surface area contributed by atoms with Gasteiger partial charge in [-0.2, -0.15) is 0 Å². The van der Waals surface area contributed by atoms with E-state index in [9.17, 15) is 9.59 Å². The fourth-order valence-corrected chi connectivity index (χ4v) is 3.11. The van der Waals surface area contributed by atoms with E-state index >= 15 is 0 Å². The molecule has 0 aliphatic rings. The van der Waals surface area contributed by atoms with Gasteiger partial charge in [0, 0.05) is 10.6 Å². The number of rotatable bonds is 5. The first-order valence-corrected chi connectivity index (χ1v) is 9.61. The fourth-order valence-electron chi connectivity index (χ4n) is 2.94. The van der Waals surface area contributed by atoms with Gasteiger partial charge in [0.05, 0.1) is 5.39 Å². The molecule has 0 saturated heterocycles. The molecule has 0 N–H and O–H groups in total. The number of carbonyl (C=O) groups is 1. The van der Waals surface area contributed by atoms with Crippen LogP contribution >= 0.6 is 11.6 Å². The number of esters is 1. The number of carbonyl (C=O) groups excluding carboxylic acids is 1. The van der Waals surface area contributed by atoms with Gasteiger partial charge >= 0.3 is 5.97 Å². The molecule has 1 aromatic heterocycles. The van der Waals surface area contributed by atoms with Crippen LogP contribution < -0.4 is 14.9 Å². The number of ether oxygens (including phenoxy) is 2. The number of aryl methyl sites for hydroxylation is 1. The van der Waals surface area contributed by atoms with E-state index in [1.807, 2.05) is 25.1 Å². The summed E-state index contributed by atoms with van der Waals surface area (Å²) in [5.41, 5.74) is 1.52. The summed E-state index contributed by atoms with van der Waals surface area (Å²) < 4.78 is 16.8. The van der Waals surface area contributed by atoms with Crippen molar-refractivity contribution in [1.29, 1.82) is 0 Å². The van der Waals surface area contributed by atoms with Gasteiger partial charge < -0.3 is 13.9 Å². The Bertz CT molecular complexity index is 1260. The largest absolute Gasteiger partial charge is 0.482 e. The summed E-state index contributed by atoms with van der Waals surface area (Å²) in [4.78, 5) is 25.5. The number of halogens is 1. The maximum atomic E-state index is 13.1. The van der Waals surface area contributed by atoms with Crippen molar-refractivity contribution in [2.24, 2.45) is 0 Å². The quantitative estimate of drug-likeness (QED) is 0.404. The van der Waals surface area contributed by atoms with E-state index < -0.39 is 11.4 Å². The van der Waals surface area contributed by atoms with Crippen LogP contribution in [0.2, 0.25) is 5.02 Å². The summed E-state index contributed by atoms with van der Waals surface area (Å²) in [5.74, 6) is -0.232. The third-order valence-electron chi connectivity index (χ3n) is 4.44. The lowest BCUT2D eigenvalue weighted by Crippen LogP contribution is -2.21. The van der Waals surface area contributed by atoms with Crippen LogP contribution in [0.4, 0.5) is 0 Å². The van der Waals surface area contributed by atoms with Gasteiger partial charge in [0.25, 0.3) is 0 Å². The molecule has 0 atom stereocenters. The molecule has 0 radical (unpaired) electrons.